The Hall–Kier alpha value is -1.32. The lowest BCUT2D eigenvalue weighted by atomic mass is 10.2. The summed E-state index contributed by atoms with van der Waals surface area (Å²) < 4.78 is 9.85. The molecule has 0 aliphatic rings. The minimum atomic E-state index is -0.421. The van der Waals surface area contributed by atoms with Gasteiger partial charge in [0.15, 0.2) is 0 Å². The molecule has 0 aliphatic heterocycles. The van der Waals surface area contributed by atoms with Crippen LogP contribution in [0.5, 0.6) is 0 Å². The van der Waals surface area contributed by atoms with Crippen LogP contribution in [0.1, 0.15) is 34.1 Å². The minimum Gasteiger partial charge on any atom is -0.465 e. The summed E-state index contributed by atoms with van der Waals surface area (Å²) in [5.41, 5.74) is 0. The molecule has 0 saturated carbocycles. The lowest BCUT2D eigenvalue weighted by Crippen LogP contribution is -2.09. The fourth-order valence-electron chi connectivity index (χ4n) is 0.867. The summed E-state index contributed by atoms with van der Waals surface area (Å²) in [4.78, 5) is 22.3. The molecule has 0 aromatic rings. The lowest BCUT2D eigenvalue weighted by molar-refractivity contribution is -0.143. The van der Waals surface area contributed by atoms with Crippen molar-refractivity contribution < 1.29 is 19.1 Å². The fourth-order valence-corrected chi connectivity index (χ4v) is 0.867. The van der Waals surface area contributed by atoms with Crippen molar-refractivity contribution in [1.29, 1.82) is 0 Å². The van der Waals surface area contributed by atoms with Gasteiger partial charge in [0.1, 0.15) is 0 Å². The summed E-state index contributed by atoms with van der Waals surface area (Å²) in [5, 5.41) is 0. The molecule has 0 atom stereocenters. The maximum absolute atomic E-state index is 11.2. The predicted octanol–water partition coefficient (Wildman–Crippen LogP) is 2.33. The predicted molar refractivity (Wildman–Crippen MR) is 65.4 cm³/mol. The molecular weight excluding hydrogens is 220 g/mol. The molecule has 0 aliphatic carbocycles. The third kappa shape index (κ3) is 11.0. The van der Waals surface area contributed by atoms with Crippen molar-refractivity contribution in [3.8, 4) is 0 Å². The molecule has 0 rings (SSSR count). The summed E-state index contributed by atoms with van der Waals surface area (Å²) >= 11 is 0. The van der Waals surface area contributed by atoms with E-state index in [9.17, 15) is 9.59 Å². The third-order valence-electron chi connectivity index (χ3n) is 1.68. The van der Waals surface area contributed by atoms with Gasteiger partial charge in [0, 0.05) is 6.08 Å². The number of rotatable bonds is 7. The molecule has 0 aromatic heterocycles. The second kappa shape index (κ2) is 8.79. The monoisotopic (exact) mass is 242 g/mol. The summed E-state index contributed by atoms with van der Waals surface area (Å²) in [6.45, 7) is 8.64. The Morgan fingerprint density at radius 1 is 1.00 bits per heavy atom. The number of carbonyl (C=O) groups is 2. The summed E-state index contributed by atoms with van der Waals surface area (Å²) in [6.07, 6.45) is 2.83. The molecule has 4 heteroatoms. The maximum Gasteiger partial charge on any atom is 0.330 e. The van der Waals surface area contributed by atoms with Crippen LogP contribution in [0, 0.1) is 11.8 Å². The molecule has 98 valence electrons. The molecule has 0 fully saturated rings. The molecule has 4 nitrogen and oxygen atoms in total. The van der Waals surface area contributed by atoms with Crippen LogP contribution >= 0.6 is 0 Å². The molecule has 0 aromatic carbocycles. The fraction of sp³-hybridized carbons (Fsp3) is 0.692. The Balaban J connectivity index is 3.71. The normalized spacial score (nSPS) is 11.2. The molecule has 0 bridgehead atoms. The molecule has 0 amide bonds. The lowest BCUT2D eigenvalue weighted by Gasteiger charge is -2.05. The van der Waals surface area contributed by atoms with Gasteiger partial charge in [-0.2, -0.15) is 0 Å². The van der Waals surface area contributed by atoms with Gasteiger partial charge >= 0.3 is 11.9 Å². The van der Waals surface area contributed by atoms with Gasteiger partial charge in [-0.1, -0.05) is 33.8 Å². The smallest absolute Gasteiger partial charge is 0.330 e. The van der Waals surface area contributed by atoms with E-state index in [2.05, 4.69) is 0 Å². The number of carbonyl (C=O) groups excluding carboxylic acids is 2. The van der Waals surface area contributed by atoms with E-state index < -0.39 is 5.97 Å². The zero-order valence-electron chi connectivity index (χ0n) is 11.1. The zero-order chi connectivity index (χ0) is 13.3. The van der Waals surface area contributed by atoms with Crippen LogP contribution in [-0.2, 0) is 19.1 Å². The molecule has 17 heavy (non-hydrogen) atoms. The van der Waals surface area contributed by atoms with E-state index in [1.807, 2.05) is 27.7 Å². The topological polar surface area (TPSA) is 52.6 Å². The molecule has 0 N–H and O–H groups in total. The Labute approximate surface area is 103 Å². The Bertz CT molecular complexity index is 267. The summed E-state index contributed by atoms with van der Waals surface area (Å²) in [6, 6.07) is 0. The second-order valence-corrected chi connectivity index (χ2v) is 4.71. The quantitative estimate of drug-likeness (QED) is 0.508. The maximum atomic E-state index is 11.2. The first-order chi connectivity index (χ1) is 7.91. The first-order valence-corrected chi connectivity index (χ1v) is 5.90. The van der Waals surface area contributed by atoms with Crippen LogP contribution in [-0.4, -0.2) is 25.2 Å². The SMILES string of the molecule is CC(C)COC(=O)C=CCC(=O)OCC(C)C. The number of hydrogen-bond acceptors (Lipinski definition) is 4. The van der Waals surface area contributed by atoms with E-state index >= 15 is 0 Å². The van der Waals surface area contributed by atoms with Crippen molar-refractivity contribution in [2.45, 2.75) is 34.1 Å². The van der Waals surface area contributed by atoms with E-state index in [1.165, 1.54) is 12.2 Å². The van der Waals surface area contributed by atoms with Gasteiger partial charge in [-0.3, -0.25) is 4.79 Å². The van der Waals surface area contributed by atoms with Gasteiger partial charge in [-0.15, -0.1) is 0 Å². The van der Waals surface area contributed by atoms with Crippen LogP contribution in [0.15, 0.2) is 12.2 Å². The minimum absolute atomic E-state index is 0.101. The van der Waals surface area contributed by atoms with Crippen molar-refractivity contribution in [2.75, 3.05) is 13.2 Å². The Kier molecular flexibility index (Phi) is 8.11. The van der Waals surface area contributed by atoms with Gasteiger partial charge in [-0.25, -0.2) is 4.79 Å². The van der Waals surface area contributed by atoms with Crippen LogP contribution < -0.4 is 0 Å². The van der Waals surface area contributed by atoms with Gasteiger partial charge in [0.05, 0.1) is 19.6 Å². The highest BCUT2D eigenvalue weighted by Gasteiger charge is 2.03. The average molecular weight is 242 g/mol. The standard InChI is InChI=1S/C13H22O4/c1-10(2)8-16-12(14)6-5-7-13(15)17-9-11(3)4/h5-6,10-11H,7-9H2,1-4H3. The van der Waals surface area contributed by atoms with Gasteiger partial charge in [0.2, 0.25) is 0 Å². The second-order valence-electron chi connectivity index (χ2n) is 4.71. The van der Waals surface area contributed by atoms with E-state index in [4.69, 9.17) is 9.47 Å². The molecule has 0 saturated heterocycles. The zero-order valence-corrected chi connectivity index (χ0v) is 11.1. The average Bonchev–Trinajstić information content (AvgIpc) is 2.23. The molecular formula is C13H22O4. The molecule has 0 heterocycles. The van der Waals surface area contributed by atoms with Crippen LogP contribution in [0.25, 0.3) is 0 Å². The van der Waals surface area contributed by atoms with E-state index in [1.54, 1.807) is 0 Å². The van der Waals surface area contributed by atoms with Crippen LogP contribution in [0.2, 0.25) is 0 Å². The number of ether oxygens (including phenoxy) is 2. The Morgan fingerprint density at radius 3 is 2.06 bits per heavy atom. The molecule has 0 radical (unpaired) electrons. The van der Waals surface area contributed by atoms with E-state index in [-0.39, 0.29) is 12.4 Å². The summed E-state index contributed by atoms with van der Waals surface area (Å²) in [5.74, 6) is -0.121. The van der Waals surface area contributed by atoms with Gasteiger partial charge in [0.25, 0.3) is 0 Å². The van der Waals surface area contributed by atoms with E-state index in [0.29, 0.717) is 25.0 Å². The van der Waals surface area contributed by atoms with E-state index in [0.717, 1.165) is 0 Å². The highest BCUT2D eigenvalue weighted by molar-refractivity contribution is 5.83. The van der Waals surface area contributed by atoms with Crippen molar-refractivity contribution >= 4 is 11.9 Å². The highest BCUT2D eigenvalue weighted by atomic mass is 16.5. The molecule has 0 unspecified atom stereocenters. The van der Waals surface area contributed by atoms with Crippen molar-refractivity contribution in [1.82, 2.24) is 0 Å². The van der Waals surface area contributed by atoms with Crippen molar-refractivity contribution in [2.24, 2.45) is 11.8 Å². The van der Waals surface area contributed by atoms with Crippen molar-refractivity contribution in [3.63, 3.8) is 0 Å². The van der Waals surface area contributed by atoms with Gasteiger partial charge in [-0.05, 0) is 11.8 Å². The van der Waals surface area contributed by atoms with Crippen LogP contribution in [0.3, 0.4) is 0 Å². The Morgan fingerprint density at radius 2 is 1.53 bits per heavy atom. The largest absolute Gasteiger partial charge is 0.465 e. The van der Waals surface area contributed by atoms with Crippen LogP contribution in [0.4, 0.5) is 0 Å². The third-order valence-corrected chi connectivity index (χ3v) is 1.68. The summed E-state index contributed by atoms with van der Waals surface area (Å²) in [7, 11) is 0. The number of hydrogen-bond donors (Lipinski definition) is 0. The van der Waals surface area contributed by atoms with Gasteiger partial charge < -0.3 is 9.47 Å². The molecule has 0 spiro atoms. The first-order valence-electron chi connectivity index (χ1n) is 5.90. The van der Waals surface area contributed by atoms with Crippen molar-refractivity contribution in [3.05, 3.63) is 12.2 Å². The first kappa shape index (κ1) is 15.7. The number of esters is 2. The highest BCUT2D eigenvalue weighted by Crippen LogP contribution is 1.97.